The SMILES string of the molecule is CCCCCCCCCCCCCCCCCCCCCCC(O)C(CO)NC(=O)CCCCCCCCCCCCCCCCCCOC(=O)CCCCCCCCCCCCCCC. The van der Waals surface area contributed by atoms with Crippen molar-refractivity contribution in [3.05, 3.63) is 0 Å². The Bertz CT molecular complexity index is 944. The third kappa shape index (κ3) is 52.2. The molecule has 2 atom stereocenters. The van der Waals surface area contributed by atoms with Crippen LogP contribution in [0.4, 0.5) is 0 Å². The monoisotopic (exact) mass is 934 g/mol. The van der Waals surface area contributed by atoms with E-state index in [4.69, 9.17) is 4.74 Å². The van der Waals surface area contributed by atoms with Crippen LogP contribution in [0.25, 0.3) is 0 Å². The quantitative estimate of drug-likeness (QED) is 0.0417. The molecule has 0 aliphatic rings. The van der Waals surface area contributed by atoms with Crippen molar-refractivity contribution in [3.63, 3.8) is 0 Å². The molecular weight excluding hydrogens is 815 g/mol. The third-order valence-electron chi connectivity index (χ3n) is 14.4. The van der Waals surface area contributed by atoms with E-state index in [2.05, 4.69) is 19.2 Å². The Morgan fingerprint density at radius 2 is 0.621 bits per heavy atom. The first kappa shape index (κ1) is 64.9. The molecule has 0 rings (SSSR count). The standard InChI is InChI=1S/C60H119NO5/c1-3-5-7-9-11-13-15-17-18-19-20-21-22-25-29-32-36-40-44-48-52-58(63)57(56-62)61-59(64)53-49-45-41-37-33-30-26-23-24-27-31-35-39-43-47-51-55-66-60(65)54-50-46-42-38-34-28-16-14-12-10-8-6-4-2/h57-58,62-63H,3-56H2,1-2H3,(H,61,64). The number of carbonyl (C=O) groups is 2. The summed E-state index contributed by atoms with van der Waals surface area (Å²) in [5.41, 5.74) is 0. The topological polar surface area (TPSA) is 95.9 Å². The third-order valence-corrected chi connectivity index (χ3v) is 14.4. The minimum Gasteiger partial charge on any atom is -0.466 e. The minimum atomic E-state index is -0.668. The number of hydrogen-bond acceptors (Lipinski definition) is 5. The molecule has 3 N–H and O–H groups in total. The van der Waals surface area contributed by atoms with E-state index in [1.807, 2.05) is 0 Å². The van der Waals surface area contributed by atoms with Crippen LogP contribution < -0.4 is 5.32 Å². The van der Waals surface area contributed by atoms with Crippen LogP contribution in [0.2, 0.25) is 0 Å². The van der Waals surface area contributed by atoms with E-state index in [-0.39, 0.29) is 18.5 Å². The molecule has 394 valence electrons. The molecule has 66 heavy (non-hydrogen) atoms. The Morgan fingerprint density at radius 3 is 0.924 bits per heavy atom. The summed E-state index contributed by atoms with van der Waals surface area (Å²) in [7, 11) is 0. The van der Waals surface area contributed by atoms with Crippen molar-refractivity contribution in [1.82, 2.24) is 5.32 Å². The van der Waals surface area contributed by atoms with Crippen molar-refractivity contribution in [2.75, 3.05) is 13.2 Å². The first-order valence-corrected chi connectivity index (χ1v) is 30.3. The molecule has 6 heteroatoms. The van der Waals surface area contributed by atoms with Gasteiger partial charge in [-0.1, -0.05) is 309 Å². The van der Waals surface area contributed by atoms with Gasteiger partial charge < -0.3 is 20.3 Å². The van der Waals surface area contributed by atoms with Crippen molar-refractivity contribution in [2.24, 2.45) is 0 Å². The maximum Gasteiger partial charge on any atom is 0.305 e. The molecule has 0 aromatic carbocycles. The van der Waals surface area contributed by atoms with Crippen LogP contribution in [0.5, 0.6) is 0 Å². The molecule has 0 aliphatic heterocycles. The maximum atomic E-state index is 12.5. The number of aliphatic hydroxyl groups excluding tert-OH is 2. The normalized spacial score (nSPS) is 12.5. The number of ether oxygens (including phenoxy) is 1. The zero-order valence-electron chi connectivity index (χ0n) is 45.0. The molecule has 2 unspecified atom stereocenters. The molecule has 0 spiro atoms. The number of nitrogens with one attached hydrogen (secondary N) is 1. The van der Waals surface area contributed by atoms with Crippen molar-refractivity contribution in [1.29, 1.82) is 0 Å². The van der Waals surface area contributed by atoms with E-state index < -0.39 is 12.1 Å². The summed E-state index contributed by atoms with van der Waals surface area (Å²) >= 11 is 0. The Balaban J connectivity index is 3.41. The average Bonchev–Trinajstić information content (AvgIpc) is 3.32. The van der Waals surface area contributed by atoms with Crippen molar-refractivity contribution in [3.8, 4) is 0 Å². The highest BCUT2D eigenvalue weighted by molar-refractivity contribution is 5.76. The van der Waals surface area contributed by atoms with E-state index in [0.29, 0.717) is 25.9 Å². The Hall–Kier alpha value is -1.14. The molecule has 0 heterocycles. The highest BCUT2D eigenvalue weighted by Crippen LogP contribution is 2.18. The van der Waals surface area contributed by atoms with Crippen LogP contribution in [-0.2, 0) is 14.3 Å². The summed E-state index contributed by atoms with van der Waals surface area (Å²) in [4.78, 5) is 24.5. The van der Waals surface area contributed by atoms with Gasteiger partial charge in [0.2, 0.25) is 5.91 Å². The smallest absolute Gasteiger partial charge is 0.305 e. The highest BCUT2D eigenvalue weighted by atomic mass is 16.5. The first-order valence-electron chi connectivity index (χ1n) is 30.3. The molecule has 0 fully saturated rings. The lowest BCUT2D eigenvalue weighted by Crippen LogP contribution is -2.45. The lowest BCUT2D eigenvalue weighted by molar-refractivity contribution is -0.143. The molecule has 0 aromatic rings. The molecule has 6 nitrogen and oxygen atoms in total. The summed E-state index contributed by atoms with van der Waals surface area (Å²) in [6.45, 7) is 4.97. The van der Waals surface area contributed by atoms with Crippen LogP contribution in [0.15, 0.2) is 0 Å². The summed E-state index contributed by atoms with van der Waals surface area (Å²) < 4.78 is 5.47. The highest BCUT2D eigenvalue weighted by Gasteiger charge is 2.20. The summed E-state index contributed by atoms with van der Waals surface area (Å²) in [5.74, 6) is -0.0314. The van der Waals surface area contributed by atoms with Gasteiger partial charge in [-0.25, -0.2) is 0 Å². The van der Waals surface area contributed by atoms with Gasteiger partial charge in [0.1, 0.15) is 0 Å². The molecule has 0 saturated carbocycles. The molecule has 0 aliphatic carbocycles. The van der Waals surface area contributed by atoms with E-state index in [9.17, 15) is 19.8 Å². The predicted octanol–water partition coefficient (Wildman–Crippen LogP) is 18.7. The molecule has 0 saturated heterocycles. The zero-order valence-corrected chi connectivity index (χ0v) is 45.0. The van der Waals surface area contributed by atoms with Crippen LogP contribution >= 0.6 is 0 Å². The van der Waals surface area contributed by atoms with Gasteiger partial charge in [-0.3, -0.25) is 9.59 Å². The van der Waals surface area contributed by atoms with Crippen LogP contribution in [0.1, 0.15) is 348 Å². The zero-order chi connectivity index (χ0) is 47.9. The minimum absolute atomic E-state index is 0.00600. The molecular formula is C60H119NO5. The van der Waals surface area contributed by atoms with Crippen molar-refractivity contribution in [2.45, 2.75) is 360 Å². The fourth-order valence-corrected chi connectivity index (χ4v) is 9.76. The van der Waals surface area contributed by atoms with Crippen molar-refractivity contribution >= 4 is 11.9 Å². The van der Waals surface area contributed by atoms with E-state index >= 15 is 0 Å². The lowest BCUT2D eigenvalue weighted by Gasteiger charge is -2.22. The van der Waals surface area contributed by atoms with Gasteiger partial charge in [-0.05, 0) is 25.7 Å². The van der Waals surface area contributed by atoms with E-state index in [1.165, 1.54) is 270 Å². The number of unbranched alkanes of at least 4 members (excludes halogenated alkanes) is 46. The second-order valence-corrected chi connectivity index (χ2v) is 21.1. The van der Waals surface area contributed by atoms with Gasteiger partial charge in [-0.15, -0.1) is 0 Å². The second-order valence-electron chi connectivity index (χ2n) is 21.1. The first-order chi connectivity index (χ1) is 32.5. The average molecular weight is 935 g/mol. The summed E-state index contributed by atoms with van der Waals surface area (Å²) in [5, 5.41) is 23.3. The number of carbonyl (C=O) groups excluding carboxylic acids is 2. The number of rotatable bonds is 57. The van der Waals surface area contributed by atoms with Crippen molar-refractivity contribution < 1.29 is 24.5 Å². The molecule has 0 aromatic heterocycles. The Morgan fingerprint density at radius 1 is 0.364 bits per heavy atom. The van der Waals surface area contributed by atoms with E-state index in [0.717, 1.165) is 44.9 Å². The van der Waals surface area contributed by atoms with Gasteiger partial charge in [0.05, 0.1) is 25.4 Å². The van der Waals surface area contributed by atoms with E-state index in [1.54, 1.807) is 0 Å². The van der Waals surface area contributed by atoms with Gasteiger partial charge >= 0.3 is 5.97 Å². The molecule has 1 amide bonds. The summed E-state index contributed by atoms with van der Waals surface area (Å²) in [6.07, 6.45) is 65.2. The summed E-state index contributed by atoms with van der Waals surface area (Å²) in [6, 6.07) is -0.546. The predicted molar refractivity (Wildman–Crippen MR) is 287 cm³/mol. The molecule has 0 bridgehead atoms. The lowest BCUT2D eigenvalue weighted by atomic mass is 10.0. The van der Waals surface area contributed by atoms with Gasteiger partial charge in [0.25, 0.3) is 0 Å². The second kappa shape index (κ2) is 56.4. The number of hydrogen-bond donors (Lipinski definition) is 3. The Kier molecular flexibility index (Phi) is 55.5. The number of esters is 1. The van der Waals surface area contributed by atoms with Crippen LogP contribution in [0, 0.1) is 0 Å². The van der Waals surface area contributed by atoms with Gasteiger partial charge in [-0.2, -0.15) is 0 Å². The van der Waals surface area contributed by atoms with Gasteiger partial charge in [0, 0.05) is 12.8 Å². The maximum absolute atomic E-state index is 12.5. The van der Waals surface area contributed by atoms with Crippen LogP contribution in [-0.4, -0.2) is 47.4 Å². The number of amides is 1. The van der Waals surface area contributed by atoms with Gasteiger partial charge in [0.15, 0.2) is 0 Å². The fraction of sp³-hybridized carbons (Fsp3) is 0.967. The number of aliphatic hydroxyl groups is 2. The fourth-order valence-electron chi connectivity index (χ4n) is 9.76. The molecule has 0 radical (unpaired) electrons. The van der Waals surface area contributed by atoms with Crippen LogP contribution in [0.3, 0.4) is 0 Å². The Labute approximate surface area is 413 Å². The largest absolute Gasteiger partial charge is 0.466 e.